The van der Waals surface area contributed by atoms with Crippen LogP contribution in [-0.2, 0) is 25.6 Å². The number of carbonyl (C=O) groups excluding carboxylic acids is 3. The Morgan fingerprint density at radius 1 is 0.915 bits per heavy atom. The van der Waals surface area contributed by atoms with Crippen LogP contribution >= 0.6 is 0 Å². The van der Waals surface area contributed by atoms with Crippen LogP contribution in [0.2, 0.25) is 0 Å². The van der Waals surface area contributed by atoms with Gasteiger partial charge < -0.3 is 31.4 Å². The van der Waals surface area contributed by atoms with E-state index in [1.165, 1.54) is 70.6 Å². The number of carboxylic acids is 1. The summed E-state index contributed by atoms with van der Waals surface area (Å²) in [6, 6.07) is 7.82. The summed E-state index contributed by atoms with van der Waals surface area (Å²) in [5.41, 5.74) is 7.82. The van der Waals surface area contributed by atoms with Crippen LogP contribution in [0.25, 0.3) is 10.9 Å². The summed E-state index contributed by atoms with van der Waals surface area (Å²) < 4.78 is 0. The molecule has 1 fully saturated rings. The van der Waals surface area contributed by atoms with Crippen LogP contribution in [-0.4, -0.2) is 70.4 Å². The van der Waals surface area contributed by atoms with Crippen molar-refractivity contribution in [3.63, 3.8) is 0 Å². The number of hydrogen-bond donors (Lipinski definition) is 5. The topological polar surface area (TPSA) is 158 Å². The highest BCUT2D eigenvalue weighted by Gasteiger charge is 2.31. The van der Waals surface area contributed by atoms with Crippen molar-refractivity contribution < 1.29 is 24.3 Å². The van der Waals surface area contributed by atoms with Crippen LogP contribution in [0.4, 0.5) is 0 Å². The molecule has 0 saturated carbocycles. The van der Waals surface area contributed by atoms with Gasteiger partial charge in [0.25, 0.3) is 0 Å². The van der Waals surface area contributed by atoms with Gasteiger partial charge in [-0.25, -0.2) is 4.79 Å². The molecule has 262 valence electrons. The van der Waals surface area contributed by atoms with Gasteiger partial charge in [-0.15, -0.1) is 0 Å². The number of likely N-dealkylation sites (tertiary alicyclic amines) is 1. The lowest BCUT2D eigenvalue weighted by molar-refractivity contribution is -0.143. The Kier molecular flexibility index (Phi) is 17.4. The van der Waals surface area contributed by atoms with Crippen molar-refractivity contribution in [3.05, 3.63) is 36.0 Å². The van der Waals surface area contributed by atoms with Crippen LogP contribution in [0, 0.1) is 5.92 Å². The first-order valence-corrected chi connectivity index (χ1v) is 18.2. The number of para-hydroxylation sites is 1. The van der Waals surface area contributed by atoms with Gasteiger partial charge in [0.15, 0.2) is 0 Å². The quantitative estimate of drug-likeness (QED) is 0.0950. The molecule has 10 nitrogen and oxygen atoms in total. The summed E-state index contributed by atoms with van der Waals surface area (Å²) >= 11 is 0. The molecule has 0 unspecified atom stereocenters. The molecule has 1 aliphatic rings. The summed E-state index contributed by atoms with van der Waals surface area (Å²) in [5, 5.41) is 16.3. The maximum Gasteiger partial charge on any atom is 0.326 e. The SMILES string of the molecule is CCCCCCCCCCCCCCCC(=O)NCC[C@H](N)C(=O)N1CCC(C(=O)N[C@@H](Cc2cc3ccccc3[nH]2)C(=O)O)CC1. The second-order valence-electron chi connectivity index (χ2n) is 13.3. The van der Waals surface area contributed by atoms with E-state index in [1.807, 2.05) is 30.3 Å². The number of hydrogen-bond acceptors (Lipinski definition) is 5. The van der Waals surface area contributed by atoms with Gasteiger partial charge in [0.1, 0.15) is 6.04 Å². The summed E-state index contributed by atoms with van der Waals surface area (Å²) in [5.74, 6) is -1.95. The molecule has 1 saturated heterocycles. The van der Waals surface area contributed by atoms with Crippen LogP contribution in [0.1, 0.15) is 122 Å². The lowest BCUT2D eigenvalue weighted by Crippen LogP contribution is -2.51. The highest BCUT2D eigenvalue weighted by molar-refractivity contribution is 5.86. The van der Waals surface area contributed by atoms with E-state index in [1.54, 1.807) is 4.90 Å². The van der Waals surface area contributed by atoms with Crippen molar-refractivity contribution in [2.45, 2.75) is 135 Å². The minimum Gasteiger partial charge on any atom is -0.480 e. The third kappa shape index (κ3) is 14.1. The number of unbranched alkanes of at least 4 members (excludes halogenated alkanes) is 12. The predicted molar refractivity (Wildman–Crippen MR) is 187 cm³/mol. The van der Waals surface area contributed by atoms with Gasteiger partial charge in [0, 0.05) is 49.6 Å². The number of amides is 3. The zero-order valence-electron chi connectivity index (χ0n) is 28.6. The van der Waals surface area contributed by atoms with Crippen LogP contribution in [0.3, 0.4) is 0 Å². The normalized spacial score (nSPS) is 15.0. The fourth-order valence-electron chi connectivity index (χ4n) is 6.43. The number of H-pyrrole nitrogens is 1. The number of carbonyl (C=O) groups is 4. The van der Waals surface area contributed by atoms with Gasteiger partial charge in [0.2, 0.25) is 17.7 Å². The first-order valence-electron chi connectivity index (χ1n) is 18.2. The Hall–Kier alpha value is -3.40. The number of piperidine rings is 1. The average Bonchev–Trinajstić information content (AvgIpc) is 3.48. The Morgan fingerprint density at radius 2 is 1.51 bits per heavy atom. The largest absolute Gasteiger partial charge is 0.480 e. The van der Waals surface area contributed by atoms with Gasteiger partial charge in [-0.05, 0) is 43.2 Å². The van der Waals surface area contributed by atoms with Gasteiger partial charge in [-0.1, -0.05) is 102 Å². The van der Waals surface area contributed by atoms with E-state index < -0.39 is 18.1 Å². The number of carboxylic acid groups (broad SMARTS) is 1. The summed E-state index contributed by atoms with van der Waals surface area (Å²) in [7, 11) is 0. The van der Waals surface area contributed by atoms with Crippen molar-refractivity contribution in [1.29, 1.82) is 0 Å². The van der Waals surface area contributed by atoms with Gasteiger partial charge >= 0.3 is 5.97 Å². The lowest BCUT2D eigenvalue weighted by atomic mass is 9.94. The molecule has 1 aromatic heterocycles. The van der Waals surface area contributed by atoms with E-state index in [4.69, 9.17) is 5.73 Å². The van der Waals surface area contributed by atoms with Gasteiger partial charge in [0.05, 0.1) is 6.04 Å². The first-order chi connectivity index (χ1) is 22.8. The number of aliphatic carboxylic acids is 1. The maximum atomic E-state index is 12.9. The summed E-state index contributed by atoms with van der Waals surface area (Å²) in [6.07, 6.45) is 18.4. The van der Waals surface area contributed by atoms with E-state index in [9.17, 15) is 24.3 Å². The smallest absolute Gasteiger partial charge is 0.326 e. The Morgan fingerprint density at radius 3 is 2.11 bits per heavy atom. The van der Waals surface area contributed by atoms with E-state index in [-0.39, 0.29) is 30.1 Å². The molecular formula is C37H59N5O5. The molecule has 0 spiro atoms. The van der Waals surface area contributed by atoms with E-state index in [2.05, 4.69) is 22.5 Å². The number of benzene rings is 1. The number of aromatic amines is 1. The molecule has 10 heteroatoms. The Balaban J connectivity index is 1.22. The number of nitrogens with one attached hydrogen (secondary N) is 3. The first kappa shape index (κ1) is 38.1. The Labute approximate surface area is 281 Å². The number of nitrogens with two attached hydrogens (primary N) is 1. The standard InChI is InChI=1S/C37H59N5O5/c1-2-3-4-5-6-7-8-9-10-11-12-13-14-19-34(43)39-23-20-31(38)36(45)42-24-21-28(22-25-42)35(44)41-33(37(46)47)27-30-26-29-17-15-16-18-32(29)40-30/h15-18,26,28,31,33,40H,2-14,19-25,27,38H2,1H3,(H,39,43)(H,41,44)(H,46,47)/t31-,33-/m0/s1. The van der Waals surface area contributed by atoms with Crippen molar-refractivity contribution in [2.24, 2.45) is 11.7 Å². The minimum absolute atomic E-state index is 0.00348. The predicted octanol–water partition coefficient (Wildman–Crippen LogP) is 5.83. The minimum atomic E-state index is -1.09. The van der Waals surface area contributed by atoms with E-state index >= 15 is 0 Å². The fraction of sp³-hybridized carbons (Fsp3) is 0.676. The molecule has 3 amide bonds. The zero-order valence-corrected chi connectivity index (χ0v) is 28.6. The molecular weight excluding hydrogens is 594 g/mol. The molecule has 0 radical (unpaired) electrons. The van der Waals surface area contributed by atoms with Gasteiger partial charge in [-0.2, -0.15) is 0 Å². The number of aromatic nitrogens is 1. The van der Waals surface area contributed by atoms with Crippen molar-refractivity contribution in [1.82, 2.24) is 20.5 Å². The third-order valence-electron chi connectivity index (χ3n) is 9.40. The fourth-order valence-corrected chi connectivity index (χ4v) is 6.43. The molecule has 2 aromatic rings. The second kappa shape index (κ2) is 21.5. The lowest BCUT2D eigenvalue weighted by Gasteiger charge is -2.33. The molecule has 2 atom stereocenters. The highest BCUT2D eigenvalue weighted by Crippen LogP contribution is 2.20. The average molecular weight is 654 g/mol. The molecule has 3 rings (SSSR count). The van der Waals surface area contributed by atoms with Crippen molar-refractivity contribution in [3.8, 4) is 0 Å². The van der Waals surface area contributed by atoms with Gasteiger partial charge in [-0.3, -0.25) is 14.4 Å². The maximum absolute atomic E-state index is 12.9. The molecule has 2 heterocycles. The number of rotatable bonds is 23. The molecule has 6 N–H and O–H groups in total. The number of fused-ring (bicyclic) bond motifs is 1. The highest BCUT2D eigenvalue weighted by atomic mass is 16.4. The Bertz CT molecular complexity index is 1210. The van der Waals surface area contributed by atoms with Crippen LogP contribution in [0.5, 0.6) is 0 Å². The van der Waals surface area contributed by atoms with E-state index in [0.717, 1.165) is 29.4 Å². The monoisotopic (exact) mass is 653 g/mol. The van der Waals surface area contributed by atoms with Crippen molar-refractivity contribution in [2.75, 3.05) is 19.6 Å². The van der Waals surface area contributed by atoms with Crippen LogP contribution in [0.15, 0.2) is 30.3 Å². The number of nitrogens with zero attached hydrogens (tertiary/aromatic N) is 1. The second-order valence-corrected chi connectivity index (χ2v) is 13.3. The summed E-state index contributed by atoms with van der Waals surface area (Å²) in [6.45, 7) is 3.38. The summed E-state index contributed by atoms with van der Waals surface area (Å²) in [4.78, 5) is 54.9. The molecule has 1 aliphatic heterocycles. The molecule has 1 aromatic carbocycles. The zero-order chi connectivity index (χ0) is 33.9. The third-order valence-corrected chi connectivity index (χ3v) is 9.40. The van der Waals surface area contributed by atoms with Crippen LogP contribution < -0.4 is 16.4 Å². The molecule has 47 heavy (non-hydrogen) atoms. The molecule has 0 bridgehead atoms. The van der Waals surface area contributed by atoms with Crippen molar-refractivity contribution >= 4 is 34.6 Å². The van der Waals surface area contributed by atoms with E-state index in [0.29, 0.717) is 45.3 Å². The molecule has 0 aliphatic carbocycles.